The van der Waals surface area contributed by atoms with Gasteiger partial charge in [0.15, 0.2) is 0 Å². The fraction of sp³-hybridized carbons (Fsp3) is 0.412. The second-order valence-corrected chi connectivity index (χ2v) is 6.42. The van der Waals surface area contributed by atoms with Crippen LogP contribution in [-0.4, -0.2) is 39.9 Å². The number of carbonyl (C=O) groups is 1. The van der Waals surface area contributed by atoms with E-state index in [1.165, 1.54) is 11.9 Å². The van der Waals surface area contributed by atoms with Gasteiger partial charge in [-0.2, -0.15) is 0 Å². The third-order valence-corrected chi connectivity index (χ3v) is 4.64. The van der Waals surface area contributed by atoms with Gasteiger partial charge in [0.1, 0.15) is 5.82 Å². The zero-order chi connectivity index (χ0) is 16.2. The van der Waals surface area contributed by atoms with Crippen molar-refractivity contribution >= 4 is 23.3 Å². The molecule has 0 bridgehead atoms. The molecular formula is C17H21ClN4O. The quantitative estimate of drug-likeness (QED) is 0.903. The highest BCUT2D eigenvalue weighted by Crippen LogP contribution is 2.27. The molecule has 1 aliphatic heterocycles. The molecule has 2 N–H and O–H groups in total. The summed E-state index contributed by atoms with van der Waals surface area (Å²) in [6.07, 6.45) is 5.74. The number of aromatic nitrogens is 2. The van der Waals surface area contributed by atoms with Gasteiger partial charge in [0.25, 0.3) is 0 Å². The van der Waals surface area contributed by atoms with E-state index >= 15 is 0 Å². The Kier molecular flexibility index (Phi) is 4.98. The highest BCUT2D eigenvalue weighted by molar-refractivity contribution is 6.30. The second-order valence-electron chi connectivity index (χ2n) is 5.99. The molecule has 0 unspecified atom stereocenters. The summed E-state index contributed by atoms with van der Waals surface area (Å²) in [5.41, 5.74) is 1.25. The van der Waals surface area contributed by atoms with Crippen molar-refractivity contribution in [3.63, 3.8) is 0 Å². The van der Waals surface area contributed by atoms with Gasteiger partial charge in [-0.3, -0.25) is 9.69 Å². The molecule has 1 fully saturated rings. The number of aromatic amines is 1. The molecule has 122 valence electrons. The van der Waals surface area contributed by atoms with Gasteiger partial charge in [0, 0.05) is 30.6 Å². The van der Waals surface area contributed by atoms with Gasteiger partial charge in [-0.15, -0.1) is 0 Å². The van der Waals surface area contributed by atoms with E-state index in [0.29, 0.717) is 16.8 Å². The molecule has 2 aromatic rings. The molecule has 0 radical (unpaired) electrons. The summed E-state index contributed by atoms with van der Waals surface area (Å²) in [6, 6.07) is 7.39. The molecule has 3 rings (SSSR count). The fourth-order valence-corrected chi connectivity index (χ4v) is 3.17. The number of likely N-dealkylation sites (tertiary alicyclic amines) is 1. The highest BCUT2D eigenvalue weighted by atomic mass is 35.5. The Labute approximate surface area is 141 Å². The third kappa shape index (κ3) is 3.92. The predicted octanol–water partition coefficient (Wildman–Crippen LogP) is 3.27. The normalized spacial score (nSPS) is 20.2. The van der Waals surface area contributed by atoms with Crippen molar-refractivity contribution < 1.29 is 4.79 Å². The van der Waals surface area contributed by atoms with Crippen molar-refractivity contribution in [2.24, 2.45) is 0 Å². The molecule has 0 aromatic carbocycles. The summed E-state index contributed by atoms with van der Waals surface area (Å²) in [5, 5.41) is 3.41. The van der Waals surface area contributed by atoms with Crippen molar-refractivity contribution in [1.82, 2.24) is 14.9 Å². The molecule has 0 spiro atoms. The van der Waals surface area contributed by atoms with Gasteiger partial charge in [-0.25, -0.2) is 4.98 Å². The van der Waals surface area contributed by atoms with Gasteiger partial charge in [0.2, 0.25) is 5.91 Å². The van der Waals surface area contributed by atoms with Gasteiger partial charge in [0.05, 0.1) is 11.1 Å². The maximum Gasteiger partial charge on any atom is 0.242 e. The molecule has 23 heavy (non-hydrogen) atoms. The van der Waals surface area contributed by atoms with Crippen molar-refractivity contribution in [1.29, 1.82) is 0 Å². The molecule has 1 saturated heterocycles. The van der Waals surface area contributed by atoms with E-state index in [1.807, 2.05) is 19.2 Å². The van der Waals surface area contributed by atoms with Gasteiger partial charge >= 0.3 is 0 Å². The summed E-state index contributed by atoms with van der Waals surface area (Å²) >= 11 is 5.81. The van der Waals surface area contributed by atoms with Crippen LogP contribution >= 0.6 is 11.6 Å². The number of pyridine rings is 1. The Morgan fingerprint density at radius 2 is 2.35 bits per heavy atom. The first-order chi connectivity index (χ1) is 11.1. The molecular weight excluding hydrogens is 312 g/mol. The molecule has 5 nitrogen and oxygen atoms in total. The molecule has 0 saturated carbocycles. The minimum Gasteiger partial charge on any atom is -0.365 e. The Morgan fingerprint density at radius 3 is 3.04 bits per heavy atom. The third-order valence-electron chi connectivity index (χ3n) is 4.42. The van der Waals surface area contributed by atoms with E-state index in [1.54, 1.807) is 12.1 Å². The maximum absolute atomic E-state index is 12.5. The van der Waals surface area contributed by atoms with Crippen LogP contribution in [0.5, 0.6) is 0 Å². The first kappa shape index (κ1) is 16.0. The predicted molar refractivity (Wildman–Crippen MR) is 91.7 cm³/mol. The van der Waals surface area contributed by atoms with Crippen LogP contribution in [0.3, 0.4) is 0 Å². The monoisotopic (exact) mass is 332 g/mol. The van der Waals surface area contributed by atoms with Crippen molar-refractivity contribution in [2.75, 3.05) is 18.4 Å². The number of piperidine rings is 1. The fourth-order valence-electron chi connectivity index (χ4n) is 3.06. The molecule has 1 aliphatic rings. The standard InChI is InChI=1S/C17H21ClN4O/c1-12(17(23)21-16-7-6-14(18)10-20-16)22-9-3-4-13(11-22)15-5-2-8-19-15/h2,5-8,10,12-13,19H,3-4,9,11H2,1H3,(H,20,21,23)/t12-,13-/m0/s1. The number of amides is 1. The highest BCUT2D eigenvalue weighted by Gasteiger charge is 2.28. The van der Waals surface area contributed by atoms with E-state index < -0.39 is 0 Å². The van der Waals surface area contributed by atoms with E-state index in [4.69, 9.17) is 11.6 Å². The smallest absolute Gasteiger partial charge is 0.242 e. The van der Waals surface area contributed by atoms with Crippen LogP contribution in [0, 0.1) is 0 Å². The number of halogens is 1. The second kappa shape index (κ2) is 7.15. The first-order valence-corrected chi connectivity index (χ1v) is 8.31. The summed E-state index contributed by atoms with van der Waals surface area (Å²) in [5.74, 6) is 0.957. The number of anilines is 1. The van der Waals surface area contributed by atoms with Crippen LogP contribution in [0.25, 0.3) is 0 Å². The zero-order valence-electron chi connectivity index (χ0n) is 13.1. The van der Waals surface area contributed by atoms with Crippen LogP contribution in [0.1, 0.15) is 31.4 Å². The van der Waals surface area contributed by atoms with E-state index in [9.17, 15) is 4.79 Å². The SMILES string of the molecule is C[C@@H](C(=O)Nc1ccc(Cl)cn1)N1CCC[C@H](c2ccc[nH]2)C1. The van der Waals surface area contributed by atoms with E-state index in [-0.39, 0.29) is 11.9 Å². The molecule has 2 aromatic heterocycles. The number of H-pyrrole nitrogens is 1. The van der Waals surface area contributed by atoms with E-state index in [2.05, 4.69) is 26.3 Å². The van der Waals surface area contributed by atoms with Gasteiger partial charge in [-0.1, -0.05) is 11.6 Å². The van der Waals surface area contributed by atoms with Crippen LogP contribution in [0.2, 0.25) is 5.02 Å². The van der Waals surface area contributed by atoms with Crippen molar-refractivity contribution in [3.8, 4) is 0 Å². The van der Waals surface area contributed by atoms with Crippen LogP contribution < -0.4 is 5.32 Å². The van der Waals surface area contributed by atoms with E-state index in [0.717, 1.165) is 25.9 Å². The maximum atomic E-state index is 12.5. The van der Waals surface area contributed by atoms with Crippen molar-refractivity contribution in [3.05, 3.63) is 47.4 Å². The summed E-state index contributed by atoms with van der Waals surface area (Å²) in [7, 11) is 0. The average Bonchev–Trinajstić information content (AvgIpc) is 3.11. The lowest BCUT2D eigenvalue weighted by atomic mass is 9.94. The summed E-state index contributed by atoms with van der Waals surface area (Å²) in [4.78, 5) is 22.1. The number of nitrogens with zero attached hydrogens (tertiary/aromatic N) is 2. The van der Waals surface area contributed by atoms with Crippen LogP contribution in [0.4, 0.5) is 5.82 Å². The Morgan fingerprint density at radius 1 is 1.48 bits per heavy atom. The molecule has 6 heteroatoms. The Balaban J connectivity index is 1.61. The first-order valence-electron chi connectivity index (χ1n) is 7.93. The lowest BCUT2D eigenvalue weighted by molar-refractivity contribution is -0.121. The van der Waals surface area contributed by atoms with Crippen LogP contribution in [0.15, 0.2) is 36.7 Å². The van der Waals surface area contributed by atoms with Gasteiger partial charge in [-0.05, 0) is 50.6 Å². The Hall–Kier alpha value is -1.85. The molecule has 1 amide bonds. The van der Waals surface area contributed by atoms with Gasteiger partial charge < -0.3 is 10.3 Å². The summed E-state index contributed by atoms with van der Waals surface area (Å²) in [6.45, 7) is 3.78. The zero-order valence-corrected chi connectivity index (χ0v) is 13.9. The minimum absolute atomic E-state index is 0.0352. The molecule has 3 heterocycles. The number of rotatable bonds is 4. The van der Waals surface area contributed by atoms with Crippen LogP contribution in [-0.2, 0) is 4.79 Å². The summed E-state index contributed by atoms with van der Waals surface area (Å²) < 4.78 is 0. The minimum atomic E-state index is -0.190. The number of hydrogen-bond acceptors (Lipinski definition) is 3. The molecule has 2 atom stereocenters. The number of hydrogen-bond donors (Lipinski definition) is 2. The number of nitrogens with one attached hydrogen (secondary N) is 2. The number of carbonyl (C=O) groups excluding carboxylic acids is 1. The lowest BCUT2D eigenvalue weighted by Gasteiger charge is -2.35. The van der Waals surface area contributed by atoms with Crippen molar-refractivity contribution in [2.45, 2.75) is 31.7 Å². The largest absolute Gasteiger partial charge is 0.365 e. The molecule has 0 aliphatic carbocycles. The average molecular weight is 333 g/mol. The lowest BCUT2D eigenvalue weighted by Crippen LogP contribution is -2.46. The Bertz CT molecular complexity index is 641. The topological polar surface area (TPSA) is 61.0 Å².